The van der Waals surface area contributed by atoms with Crippen LogP contribution in [0.1, 0.15) is 23.7 Å². The maximum atomic E-state index is 12.2. The van der Waals surface area contributed by atoms with Crippen molar-refractivity contribution in [2.75, 3.05) is 33.2 Å². The number of carbonyl (C=O) groups excluding carboxylic acids is 1. The molecule has 2 N–H and O–H groups in total. The zero-order chi connectivity index (χ0) is 14.7. The molecule has 2 rings (SSSR count). The fourth-order valence-electron chi connectivity index (χ4n) is 2.64. The van der Waals surface area contributed by atoms with E-state index in [0.29, 0.717) is 12.6 Å². The number of likely N-dealkylation sites (N-methyl/N-ethyl adjacent to an activating group) is 1. The molecule has 1 unspecified atom stereocenters. The smallest absolute Gasteiger partial charge is 0.180 e. The largest absolute Gasteiger partial charge is 0.508 e. The normalized spacial score (nSPS) is 21.0. The Bertz CT molecular complexity index is 490. The van der Waals surface area contributed by atoms with Gasteiger partial charge in [-0.3, -0.25) is 9.69 Å². The lowest BCUT2D eigenvalue weighted by Gasteiger charge is -2.38. The third kappa shape index (κ3) is 3.29. The molecule has 1 fully saturated rings. The van der Waals surface area contributed by atoms with Crippen molar-refractivity contribution in [1.82, 2.24) is 9.80 Å². The van der Waals surface area contributed by atoms with Gasteiger partial charge in [-0.25, -0.2) is 0 Å². The molecule has 1 aliphatic heterocycles. The molecule has 20 heavy (non-hydrogen) atoms. The van der Waals surface area contributed by atoms with Crippen molar-refractivity contribution in [2.24, 2.45) is 0 Å². The molecule has 0 aromatic heterocycles. The first kappa shape index (κ1) is 14.8. The zero-order valence-electron chi connectivity index (χ0n) is 12.0. The van der Waals surface area contributed by atoms with Crippen LogP contribution < -0.4 is 0 Å². The monoisotopic (exact) mass is 278 g/mol. The van der Waals surface area contributed by atoms with Crippen molar-refractivity contribution >= 4 is 5.78 Å². The first-order chi connectivity index (χ1) is 9.51. The van der Waals surface area contributed by atoms with E-state index in [-0.39, 0.29) is 22.8 Å². The van der Waals surface area contributed by atoms with Gasteiger partial charge in [-0.2, -0.15) is 0 Å². The summed E-state index contributed by atoms with van der Waals surface area (Å²) in [6.45, 7) is 5.14. The Hall–Kier alpha value is -1.59. The maximum absolute atomic E-state index is 12.2. The molecule has 0 amide bonds. The van der Waals surface area contributed by atoms with Gasteiger partial charge in [0.1, 0.15) is 11.5 Å². The van der Waals surface area contributed by atoms with Gasteiger partial charge in [-0.1, -0.05) is 6.92 Å². The number of benzene rings is 1. The first-order valence-electron chi connectivity index (χ1n) is 6.99. The molecule has 0 aliphatic carbocycles. The van der Waals surface area contributed by atoms with Crippen LogP contribution in [-0.2, 0) is 0 Å². The number of carbonyl (C=O) groups is 1. The summed E-state index contributed by atoms with van der Waals surface area (Å²) < 4.78 is 0. The van der Waals surface area contributed by atoms with E-state index in [1.54, 1.807) is 0 Å². The van der Waals surface area contributed by atoms with Crippen LogP contribution in [-0.4, -0.2) is 65.1 Å². The van der Waals surface area contributed by atoms with Crippen molar-refractivity contribution in [1.29, 1.82) is 0 Å². The minimum atomic E-state index is -0.156. The molecule has 0 spiro atoms. The lowest BCUT2D eigenvalue weighted by Crippen LogP contribution is -2.52. The molecule has 1 aromatic rings. The molecule has 0 saturated carbocycles. The van der Waals surface area contributed by atoms with Crippen LogP contribution in [0.3, 0.4) is 0 Å². The number of aromatic hydroxyl groups is 2. The van der Waals surface area contributed by atoms with Crippen LogP contribution in [0.5, 0.6) is 11.5 Å². The van der Waals surface area contributed by atoms with E-state index >= 15 is 0 Å². The highest BCUT2D eigenvalue weighted by Gasteiger charge is 2.25. The van der Waals surface area contributed by atoms with Crippen LogP contribution in [0.25, 0.3) is 0 Å². The first-order valence-corrected chi connectivity index (χ1v) is 6.99. The Morgan fingerprint density at radius 1 is 1.35 bits per heavy atom. The number of piperazine rings is 1. The topological polar surface area (TPSA) is 64.0 Å². The van der Waals surface area contributed by atoms with Crippen molar-refractivity contribution in [2.45, 2.75) is 19.4 Å². The van der Waals surface area contributed by atoms with Crippen LogP contribution >= 0.6 is 0 Å². The Labute approximate surface area is 119 Å². The summed E-state index contributed by atoms with van der Waals surface area (Å²) in [7, 11) is 2.11. The number of hydrogen-bond donors (Lipinski definition) is 2. The number of ketones is 1. The summed E-state index contributed by atoms with van der Waals surface area (Å²) in [4.78, 5) is 16.7. The molecule has 1 atom stereocenters. The summed E-state index contributed by atoms with van der Waals surface area (Å²) in [6, 6.07) is 4.57. The second kappa shape index (κ2) is 6.24. The average molecular weight is 278 g/mol. The number of Topliss-reactive ketones (excluding diaryl/α,β-unsaturated/α-hetero) is 1. The molecular formula is C15H22N2O3. The summed E-state index contributed by atoms with van der Waals surface area (Å²) >= 11 is 0. The highest BCUT2D eigenvalue weighted by molar-refractivity contribution is 6.00. The van der Waals surface area contributed by atoms with Gasteiger partial charge in [-0.15, -0.1) is 0 Å². The van der Waals surface area contributed by atoms with Crippen molar-refractivity contribution in [3.8, 4) is 11.5 Å². The van der Waals surface area contributed by atoms with Gasteiger partial charge in [-0.05, 0) is 25.6 Å². The third-order valence-electron chi connectivity index (χ3n) is 3.98. The average Bonchev–Trinajstić information content (AvgIpc) is 2.40. The number of nitrogens with zero attached hydrogens (tertiary/aromatic N) is 2. The van der Waals surface area contributed by atoms with Gasteiger partial charge in [0.15, 0.2) is 5.78 Å². The van der Waals surface area contributed by atoms with Crippen molar-refractivity contribution in [3.63, 3.8) is 0 Å². The lowest BCUT2D eigenvalue weighted by molar-refractivity contribution is 0.0741. The van der Waals surface area contributed by atoms with E-state index in [2.05, 4.69) is 23.8 Å². The molecule has 1 saturated heterocycles. The van der Waals surface area contributed by atoms with Gasteiger partial charge < -0.3 is 15.1 Å². The Kier molecular flexibility index (Phi) is 4.62. The van der Waals surface area contributed by atoms with Crippen LogP contribution in [0.4, 0.5) is 0 Å². The molecule has 110 valence electrons. The zero-order valence-corrected chi connectivity index (χ0v) is 12.0. The molecular weight excluding hydrogens is 256 g/mol. The minimum Gasteiger partial charge on any atom is -0.508 e. The summed E-state index contributed by atoms with van der Waals surface area (Å²) in [6.07, 6.45) is 1.06. The lowest BCUT2D eigenvalue weighted by atomic mass is 10.1. The van der Waals surface area contributed by atoms with Gasteiger partial charge in [0.2, 0.25) is 0 Å². The van der Waals surface area contributed by atoms with Gasteiger partial charge in [0.05, 0.1) is 12.1 Å². The molecule has 0 radical (unpaired) electrons. The molecule has 1 aromatic carbocycles. The third-order valence-corrected chi connectivity index (χ3v) is 3.98. The summed E-state index contributed by atoms with van der Waals surface area (Å²) in [5, 5.41) is 19.0. The number of phenolic OH excluding ortho intramolecular Hbond substituents is 2. The summed E-state index contributed by atoms with van der Waals surface area (Å²) in [5.41, 5.74) is 0.273. The number of phenols is 2. The predicted molar refractivity (Wildman–Crippen MR) is 77.3 cm³/mol. The number of hydrogen-bond acceptors (Lipinski definition) is 5. The molecule has 1 aliphatic rings. The highest BCUT2D eigenvalue weighted by atomic mass is 16.3. The second-order valence-electron chi connectivity index (χ2n) is 5.40. The molecule has 1 heterocycles. The summed E-state index contributed by atoms with van der Waals surface area (Å²) in [5.74, 6) is -0.303. The van der Waals surface area contributed by atoms with E-state index in [1.165, 1.54) is 18.2 Å². The quantitative estimate of drug-likeness (QED) is 0.813. The van der Waals surface area contributed by atoms with E-state index < -0.39 is 0 Å². The Morgan fingerprint density at radius 3 is 2.75 bits per heavy atom. The second-order valence-corrected chi connectivity index (χ2v) is 5.40. The maximum Gasteiger partial charge on any atom is 0.180 e. The van der Waals surface area contributed by atoms with E-state index in [9.17, 15) is 15.0 Å². The molecule has 5 heteroatoms. The van der Waals surface area contributed by atoms with Crippen LogP contribution in [0.2, 0.25) is 0 Å². The fraction of sp³-hybridized carbons (Fsp3) is 0.533. The van der Waals surface area contributed by atoms with E-state index in [0.717, 1.165) is 26.1 Å². The number of rotatable bonds is 4. The Morgan fingerprint density at radius 2 is 2.10 bits per heavy atom. The van der Waals surface area contributed by atoms with Gasteiger partial charge >= 0.3 is 0 Å². The van der Waals surface area contributed by atoms with Gasteiger partial charge in [0.25, 0.3) is 0 Å². The molecule has 5 nitrogen and oxygen atoms in total. The standard InChI is InChI=1S/C15H22N2O3/c1-3-11-9-17(7-6-16(11)2)10-15(20)13-5-4-12(18)8-14(13)19/h4-5,8,11,18-19H,3,6-7,9-10H2,1-2H3. The minimum absolute atomic E-state index is 0.0373. The highest BCUT2D eigenvalue weighted by Crippen LogP contribution is 2.23. The van der Waals surface area contributed by atoms with Crippen molar-refractivity contribution in [3.05, 3.63) is 23.8 Å². The fourth-order valence-corrected chi connectivity index (χ4v) is 2.64. The Balaban J connectivity index is 2.01. The molecule has 0 bridgehead atoms. The van der Waals surface area contributed by atoms with Crippen LogP contribution in [0.15, 0.2) is 18.2 Å². The van der Waals surface area contributed by atoms with Gasteiger partial charge in [0, 0.05) is 31.7 Å². The van der Waals surface area contributed by atoms with E-state index in [1.807, 2.05) is 0 Å². The SMILES string of the molecule is CCC1CN(CC(=O)c2ccc(O)cc2O)CCN1C. The van der Waals surface area contributed by atoms with Crippen molar-refractivity contribution < 1.29 is 15.0 Å². The van der Waals surface area contributed by atoms with E-state index in [4.69, 9.17) is 0 Å². The van der Waals surface area contributed by atoms with Crippen LogP contribution in [0, 0.1) is 0 Å². The predicted octanol–water partition coefficient (Wildman–Crippen LogP) is 1.31.